The van der Waals surface area contributed by atoms with E-state index in [9.17, 15) is 9.59 Å². The Morgan fingerprint density at radius 3 is 2.81 bits per heavy atom. The smallest absolute Gasteiger partial charge is 0.224 e. The molecule has 1 amide bonds. The van der Waals surface area contributed by atoms with Crippen molar-refractivity contribution in [3.05, 3.63) is 38.4 Å². The number of thiophene rings is 2. The summed E-state index contributed by atoms with van der Waals surface area (Å²) in [4.78, 5) is 26.6. The van der Waals surface area contributed by atoms with Crippen molar-refractivity contribution >= 4 is 39.4 Å². The van der Waals surface area contributed by atoms with E-state index in [4.69, 9.17) is 0 Å². The zero-order chi connectivity index (χ0) is 14.8. The number of carbonyl (C=O) groups is 2. The second-order valence-electron chi connectivity index (χ2n) is 5.12. The number of nitrogens with one attached hydrogen (secondary N) is 1. The zero-order valence-corrected chi connectivity index (χ0v) is 13.5. The Hall–Kier alpha value is -1.46. The fourth-order valence-corrected chi connectivity index (χ4v) is 4.61. The molecule has 110 valence electrons. The molecular weight excluding hydrogens is 302 g/mol. The van der Waals surface area contributed by atoms with E-state index in [0.717, 1.165) is 40.3 Å². The van der Waals surface area contributed by atoms with Gasteiger partial charge in [-0.1, -0.05) is 13.0 Å². The van der Waals surface area contributed by atoms with Gasteiger partial charge in [0, 0.05) is 11.3 Å². The normalized spacial score (nSPS) is 13.8. The van der Waals surface area contributed by atoms with Crippen LogP contribution in [0.25, 0.3) is 0 Å². The van der Waals surface area contributed by atoms with Gasteiger partial charge < -0.3 is 5.32 Å². The highest BCUT2D eigenvalue weighted by Gasteiger charge is 2.27. The third-order valence-electron chi connectivity index (χ3n) is 3.72. The summed E-state index contributed by atoms with van der Waals surface area (Å²) in [6.45, 7) is 1.82. The van der Waals surface area contributed by atoms with Crippen LogP contribution in [0, 0.1) is 0 Å². The summed E-state index contributed by atoms with van der Waals surface area (Å²) in [6, 6.07) is 3.74. The molecule has 0 atom stereocenters. The van der Waals surface area contributed by atoms with E-state index in [1.54, 1.807) is 11.3 Å². The Morgan fingerprint density at radius 1 is 1.29 bits per heavy atom. The largest absolute Gasteiger partial charge is 0.317 e. The van der Waals surface area contributed by atoms with Crippen LogP contribution in [-0.2, 0) is 17.6 Å². The van der Waals surface area contributed by atoms with Gasteiger partial charge in [0.25, 0.3) is 0 Å². The van der Waals surface area contributed by atoms with Gasteiger partial charge in [0.05, 0.1) is 10.4 Å². The van der Waals surface area contributed by atoms with Crippen LogP contribution in [0.4, 0.5) is 5.00 Å². The highest BCUT2D eigenvalue weighted by Crippen LogP contribution is 2.39. The lowest BCUT2D eigenvalue weighted by atomic mass is 9.93. The fraction of sp³-hybridized carbons (Fsp3) is 0.375. The number of carbonyl (C=O) groups excluding carboxylic acids is 2. The Bertz CT molecular complexity index is 671. The van der Waals surface area contributed by atoms with Gasteiger partial charge in [-0.3, -0.25) is 9.59 Å². The SMILES string of the molecule is CCC(=O)Nc1sc2c(c1C(=O)c1cccs1)CCCC2. The predicted molar refractivity (Wildman–Crippen MR) is 87.6 cm³/mol. The number of hydrogen-bond donors (Lipinski definition) is 1. The molecule has 21 heavy (non-hydrogen) atoms. The van der Waals surface area contributed by atoms with Crippen LogP contribution < -0.4 is 5.32 Å². The number of anilines is 1. The number of rotatable bonds is 4. The maximum atomic E-state index is 12.8. The molecule has 3 nitrogen and oxygen atoms in total. The molecule has 2 aromatic rings. The summed E-state index contributed by atoms with van der Waals surface area (Å²) in [5.41, 5.74) is 1.90. The van der Waals surface area contributed by atoms with Crippen LogP contribution in [0.5, 0.6) is 0 Å². The van der Waals surface area contributed by atoms with E-state index >= 15 is 0 Å². The highest BCUT2D eigenvalue weighted by molar-refractivity contribution is 7.17. The molecule has 0 aromatic carbocycles. The van der Waals surface area contributed by atoms with Gasteiger partial charge in [-0.05, 0) is 42.7 Å². The van der Waals surface area contributed by atoms with Crippen molar-refractivity contribution in [2.45, 2.75) is 39.0 Å². The van der Waals surface area contributed by atoms with E-state index in [2.05, 4.69) is 5.32 Å². The first-order valence-corrected chi connectivity index (χ1v) is 8.93. The van der Waals surface area contributed by atoms with Crippen LogP contribution in [0.15, 0.2) is 17.5 Å². The Morgan fingerprint density at radius 2 is 2.10 bits per heavy atom. The molecule has 1 N–H and O–H groups in total. The maximum absolute atomic E-state index is 12.8. The highest BCUT2D eigenvalue weighted by atomic mass is 32.1. The second kappa shape index (κ2) is 6.12. The fourth-order valence-electron chi connectivity index (χ4n) is 2.64. The topological polar surface area (TPSA) is 46.2 Å². The van der Waals surface area contributed by atoms with Gasteiger partial charge in [-0.15, -0.1) is 22.7 Å². The molecule has 3 rings (SSSR count). The molecule has 5 heteroatoms. The lowest BCUT2D eigenvalue weighted by Crippen LogP contribution is -2.13. The lowest BCUT2D eigenvalue weighted by molar-refractivity contribution is -0.115. The van der Waals surface area contributed by atoms with Crippen LogP contribution in [0.2, 0.25) is 0 Å². The van der Waals surface area contributed by atoms with E-state index in [1.165, 1.54) is 22.6 Å². The number of fused-ring (bicyclic) bond motifs is 1. The van der Waals surface area contributed by atoms with E-state index < -0.39 is 0 Å². The van der Waals surface area contributed by atoms with Crippen LogP contribution in [0.1, 0.15) is 51.9 Å². The monoisotopic (exact) mass is 319 g/mol. The zero-order valence-electron chi connectivity index (χ0n) is 11.9. The summed E-state index contributed by atoms with van der Waals surface area (Å²) in [6.07, 6.45) is 4.68. The van der Waals surface area contributed by atoms with Crippen LogP contribution in [0.3, 0.4) is 0 Å². The van der Waals surface area contributed by atoms with Crippen molar-refractivity contribution in [3.63, 3.8) is 0 Å². The van der Waals surface area contributed by atoms with Gasteiger partial charge in [-0.25, -0.2) is 0 Å². The van der Waals surface area contributed by atoms with Crippen LogP contribution in [-0.4, -0.2) is 11.7 Å². The third-order valence-corrected chi connectivity index (χ3v) is 5.79. The van der Waals surface area contributed by atoms with Crippen molar-refractivity contribution in [1.29, 1.82) is 0 Å². The molecular formula is C16H17NO2S2. The summed E-state index contributed by atoms with van der Waals surface area (Å²) in [7, 11) is 0. The molecule has 0 unspecified atom stereocenters. The predicted octanol–water partition coefficient (Wildman–Crippen LogP) is 4.27. The Labute approximate surface area is 132 Å². The number of aryl methyl sites for hydroxylation is 1. The van der Waals surface area contributed by atoms with Gasteiger partial charge in [-0.2, -0.15) is 0 Å². The summed E-state index contributed by atoms with van der Waals surface area (Å²) in [5, 5.41) is 5.58. The molecule has 0 fully saturated rings. The minimum atomic E-state index is -0.0335. The van der Waals surface area contributed by atoms with Gasteiger partial charge >= 0.3 is 0 Å². The quantitative estimate of drug-likeness (QED) is 0.856. The van der Waals surface area contributed by atoms with Crippen molar-refractivity contribution in [3.8, 4) is 0 Å². The summed E-state index contributed by atoms with van der Waals surface area (Å²) >= 11 is 3.04. The van der Waals surface area contributed by atoms with Gasteiger partial charge in [0.15, 0.2) is 0 Å². The maximum Gasteiger partial charge on any atom is 0.224 e. The lowest BCUT2D eigenvalue weighted by Gasteiger charge is -2.12. The first-order chi connectivity index (χ1) is 10.2. The molecule has 0 saturated carbocycles. The van der Waals surface area contributed by atoms with Crippen molar-refractivity contribution in [2.24, 2.45) is 0 Å². The molecule has 2 aromatic heterocycles. The second-order valence-corrected chi connectivity index (χ2v) is 7.18. The van der Waals surface area contributed by atoms with Crippen LogP contribution >= 0.6 is 22.7 Å². The Balaban J connectivity index is 2.05. The van der Waals surface area contributed by atoms with Crippen molar-refractivity contribution in [2.75, 3.05) is 5.32 Å². The van der Waals surface area contributed by atoms with E-state index in [0.29, 0.717) is 6.42 Å². The number of amides is 1. The van der Waals surface area contributed by atoms with E-state index in [1.807, 2.05) is 24.4 Å². The molecule has 1 aliphatic carbocycles. The van der Waals surface area contributed by atoms with E-state index in [-0.39, 0.29) is 11.7 Å². The molecule has 0 radical (unpaired) electrons. The minimum Gasteiger partial charge on any atom is -0.317 e. The number of hydrogen-bond acceptors (Lipinski definition) is 4. The van der Waals surface area contributed by atoms with Gasteiger partial charge in [0.2, 0.25) is 11.7 Å². The molecule has 2 heterocycles. The standard InChI is InChI=1S/C16H17NO2S2/c1-2-13(18)17-16-14(15(19)12-8-5-9-20-12)10-6-3-4-7-11(10)21-16/h5,8-9H,2-4,6-7H2,1H3,(H,17,18). The first-order valence-electron chi connectivity index (χ1n) is 7.23. The molecule has 1 aliphatic rings. The minimum absolute atomic E-state index is 0.0335. The summed E-state index contributed by atoms with van der Waals surface area (Å²) in [5.74, 6) is 0.0182. The Kier molecular flexibility index (Phi) is 4.22. The molecule has 0 aliphatic heterocycles. The average Bonchev–Trinajstić information content (AvgIpc) is 3.13. The molecule has 0 spiro atoms. The molecule has 0 bridgehead atoms. The van der Waals surface area contributed by atoms with Crippen molar-refractivity contribution < 1.29 is 9.59 Å². The third kappa shape index (κ3) is 2.80. The molecule has 0 saturated heterocycles. The average molecular weight is 319 g/mol. The summed E-state index contributed by atoms with van der Waals surface area (Å²) < 4.78 is 0. The van der Waals surface area contributed by atoms with Crippen molar-refractivity contribution in [1.82, 2.24) is 0 Å². The number of ketones is 1. The van der Waals surface area contributed by atoms with Gasteiger partial charge in [0.1, 0.15) is 5.00 Å². The first kappa shape index (κ1) is 14.5.